The van der Waals surface area contributed by atoms with E-state index in [-0.39, 0.29) is 12.5 Å². The highest BCUT2D eigenvalue weighted by Crippen LogP contribution is 2.31. The Hall–Kier alpha value is -1.66. The van der Waals surface area contributed by atoms with E-state index in [2.05, 4.69) is 5.32 Å². The molecule has 0 saturated carbocycles. The van der Waals surface area contributed by atoms with Crippen molar-refractivity contribution in [3.05, 3.63) is 53.4 Å². The van der Waals surface area contributed by atoms with Gasteiger partial charge in [0, 0.05) is 13.0 Å². The van der Waals surface area contributed by atoms with Crippen molar-refractivity contribution in [3.63, 3.8) is 0 Å². The van der Waals surface area contributed by atoms with Gasteiger partial charge >= 0.3 is 0 Å². The van der Waals surface area contributed by atoms with Gasteiger partial charge in [0.05, 0.1) is 0 Å². The highest BCUT2D eigenvalue weighted by atomic mass is 32.2. The van der Waals surface area contributed by atoms with E-state index in [1.807, 2.05) is 25.1 Å². The molecule has 1 N–H and O–H groups in total. The number of amides is 1. The lowest BCUT2D eigenvalue weighted by Gasteiger charge is -2.18. The van der Waals surface area contributed by atoms with E-state index in [0.717, 1.165) is 12.8 Å². The first-order valence-corrected chi connectivity index (χ1v) is 10.1. The van der Waals surface area contributed by atoms with Crippen LogP contribution in [0.1, 0.15) is 37.0 Å². The van der Waals surface area contributed by atoms with Gasteiger partial charge in [-0.1, -0.05) is 49.7 Å². The highest BCUT2D eigenvalue weighted by molar-refractivity contribution is 7.93. The van der Waals surface area contributed by atoms with Crippen molar-refractivity contribution < 1.29 is 13.2 Å². The SMILES string of the molecule is CCCCC(=O)NCC(c1ccccc1)S(=O)(=O)c1cccs1. The van der Waals surface area contributed by atoms with Crippen LogP contribution in [0.2, 0.25) is 0 Å². The molecule has 0 saturated heterocycles. The van der Waals surface area contributed by atoms with Gasteiger partial charge in [-0.3, -0.25) is 4.79 Å². The van der Waals surface area contributed by atoms with Crippen LogP contribution < -0.4 is 5.32 Å². The normalized spacial score (nSPS) is 12.7. The molecule has 0 bridgehead atoms. The molecule has 0 spiro atoms. The third-order valence-electron chi connectivity index (χ3n) is 3.56. The van der Waals surface area contributed by atoms with E-state index in [9.17, 15) is 13.2 Å². The summed E-state index contributed by atoms with van der Waals surface area (Å²) in [4.78, 5) is 11.8. The van der Waals surface area contributed by atoms with Crippen molar-refractivity contribution in [2.45, 2.75) is 35.6 Å². The van der Waals surface area contributed by atoms with Crippen molar-refractivity contribution in [2.24, 2.45) is 0 Å². The zero-order valence-corrected chi connectivity index (χ0v) is 14.7. The quantitative estimate of drug-likeness (QED) is 0.791. The molecular formula is C17H21NO3S2. The molecular weight excluding hydrogens is 330 g/mol. The Bertz CT molecular complexity index is 710. The average molecular weight is 351 g/mol. The zero-order chi connectivity index (χ0) is 16.7. The monoisotopic (exact) mass is 351 g/mol. The van der Waals surface area contributed by atoms with Gasteiger partial charge in [-0.25, -0.2) is 8.42 Å². The van der Waals surface area contributed by atoms with Crippen molar-refractivity contribution >= 4 is 27.1 Å². The maximum Gasteiger partial charge on any atom is 0.220 e. The number of rotatable bonds is 8. The fourth-order valence-electron chi connectivity index (χ4n) is 2.27. The number of carbonyl (C=O) groups is 1. The lowest BCUT2D eigenvalue weighted by Crippen LogP contribution is -2.31. The third-order valence-corrected chi connectivity index (χ3v) is 7.10. The van der Waals surface area contributed by atoms with Gasteiger partial charge in [-0.05, 0) is 23.4 Å². The molecule has 0 aliphatic carbocycles. The molecule has 2 rings (SSSR count). The number of hydrogen-bond donors (Lipinski definition) is 1. The smallest absolute Gasteiger partial charge is 0.220 e. The first-order valence-electron chi connectivity index (χ1n) is 7.64. The molecule has 4 nitrogen and oxygen atoms in total. The second-order valence-corrected chi connectivity index (χ2v) is 8.59. The molecule has 6 heteroatoms. The van der Waals surface area contributed by atoms with Gasteiger partial charge in [0.2, 0.25) is 5.91 Å². The number of unbranched alkanes of at least 4 members (excludes halogenated alkanes) is 1. The number of sulfone groups is 1. The summed E-state index contributed by atoms with van der Waals surface area (Å²) in [7, 11) is -3.52. The standard InChI is InChI=1S/C17H21NO3S2/c1-2-3-10-16(19)18-13-15(14-8-5-4-6-9-14)23(20,21)17-11-7-12-22-17/h4-9,11-12,15H,2-3,10,13H2,1H3,(H,18,19). The first-order chi connectivity index (χ1) is 11.1. The van der Waals surface area contributed by atoms with Crippen LogP contribution in [0.3, 0.4) is 0 Å². The van der Waals surface area contributed by atoms with Crippen LogP contribution in [-0.4, -0.2) is 20.9 Å². The van der Waals surface area contributed by atoms with E-state index in [1.54, 1.807) is 29.6 Å². The molecule has 0 aliphatic rings. The Morgan fingerprint density at radius 1 is 1.17 bits per heavy atom. The van der Waals surface area contributed by atoms with Gasteiger partial charge in [-0.15, -0.1) is 11.3 Å². The van der Waals surface area contributed by atoms with Crippen LogP contribution >= 0.6 is 11.3 Å². The number of nitrogens with one attached hydrogen (secondary N) is 1. The van der Waals surface area contributed by atoms with Gasteiger partial charge in [-0.2, -0.15) is 0 Å². The molecule has 0 fully saturated rings. The Labute approximate surface area is 141 Å². The maximum atomic E-state index is 12.9. The summed E-state index contributed by atoms with van der Waals surface area (Å²) >= 11 is 1.20. The van der Waals surface area contributed by atoms with Crippen LogP contribution in [0.25, 0.3) is 0 Å². The summed E-state index contributed by atoms with van der Waals surface area (Å²) in [6.07, 6.45) is 2.17. The summed E-state index contributed by atoms with van der Waals surface area (Å²) in [5.41, 5.74) is 0.691. The van der Waals surface area contributed by atoms with Crippen LogP contribution in [-0.2, 0) is 14.6 Å². The second kappa shape index (κ2) is 8.26. The zero-order valence-electron chi connectivity index (χ0n) is 13.1. The molecule has 1 atom stereocenters. The van der Waals surface area contributed by atoms with Crippen LogP contribution in [0, 0.1) is 0 Å². The Morgan fingerprint density at radius 3 is 2.52 bits per heavy atom. The second-order valence-electron chi connectivity index (χ2n) is 5.28. The predicted molar refractivity (Wildman–Crippen MR) is 93.2 cm³/mol. The van der Waals surface area contributed by atoms with Crippen molar-refractivity contribution in [1.82, 2.24) is 5.32 Å². The van der Waals surface area contributed by atoms with Gasteiger partial charge in [0.15, 0.2) is 9.84 Å². The molecule has 0 aliphatic heterocycles. The Kier molecular flexibility index (Phi) is 6.36. The van der Waals surface area contributed by atoms with Crippen molar-refractivity contribution in [3.8, 4) is 0 Å². The summed E-state index contributed by atoms with van der Waals surface area (Å²) in [5, 5.41) is 3.75. The van der Waals surface area contributed by atoms with Gasteiger partial charge in [0.25, 0.3) is 0 Å². The summed E-state index contributed by atoms with van der Waals surface area (Å²) in [5.74, 6) is -0.103. The predicted octanol–water partition coefficient (Wildman–Crippen LogP) is 3.57. The Balaban J connectivity index is 2.22. The molecule has 1 aromatic carbocycles. The van der Waals surface area contributed by atoms with E-state index in [1.165, 1.54) is 11.3 Å². The van der Waals surface area contributed by atoms with Crippen molar-refractivity contribution in [2.75, 3.05) is 6.54 Å². The summed E-state index contributed by atoms with van der Waals surface area (Å²) in [6, 6.07) is 12.4. The lowest BCUT2D eigenvalue weighted by atomic mass is 10.1. The van der Waals surface area contributed by atoms with E-state index in [4.69, 9.17) is 0 Å². The molecule has 1 aromatic heterocycles. The molecule has 1 unspecified atom stereocenters. The lowest BCUT2D eigenvalue weighted by molar-refractivity contribution is -0.121. The van der Waals surface area contributed by atoms with Crippen LogP contribution in [0.5, 0.6) is 0 Å². The van der Waals surface area contributed by atoms with Gasteiger partial charge in [0.1, 0.15) is 9.46 Å². The number of benzene rings is 1. The van der Waals surface area contributed by atoms with E-state index in [0.29, 0.717) is 16.2 Å². The first kappa shape index (κ1) is 17.7. The average Bonchev–Trinajstić information content (AvgIpc) is 3.09. The molecule has 0 radical (unpaired) electrons. The fraction of sp³-hybridized carbons (Fsp3) is 0.353. The highest BCUT2D eigenvalue weighted by Gasteiger charge is 2.30. The number of hydrogen-bond acceptors (Lipinski definition) is 4. The minimum atomic E-state index is -3.52. The fourth-order valence-corrected chi connectivity index (χ4v) is 5.14. The third kappa shape index (κ3) is 4.65. The Morgan fingerprint density at radius 2 is 1.91 bits per heavy atom. The maximum absolute atomic E-state index is 12.9. The molecule has 124 valence electrons. The minimum Gasteiger partial charge on any atom is -0.354 e. The van der Waals surface area contributed by atoms with Crippen molar-refractivity contribution in [1.29, 1.82) is 0 Å². The van der Waals surface area contributed by atoms with E-state index < -0.39 is 15.1 Å². The van der Waals surface area contributed by atoms with Gasteiger partial charge < -0.3 is 5.32 Å². The number of thiophene rings is 1. The number of carbonyl (C=O) groups excluding carboxylic acids is 1. The topological polar surface area (TPSA) is 63.2 Å². The molecule has 1 amide bonds. The van der Waals surface area contributed by atoms with Crippen LogP contribution in [0.15, 0.2) is 52.1 Å². The summed E-state index contributed by atoms with van der Waals surface area (Å²) in [6.45, 7) is 2.11. The minimum absolute atomic E-state index is 0.0901. The molecule has 23 heavy (non-hydrogen) atoms. The molecule has 2 aromatic rings. The summed E-state index contributed by atoms with van der Waals surface area (Å²) < 4.78 is 26.1. The molecule has 1 heterocycles. The van der Waals surface area contributed by atoms with E-state index >= 15 is 0 Å². The largest absolute Gasteiger partial charge is 0.354 e. The van der Waals surface area contributed by atoms with Crippen LogP contribution in [0.4, 0.5) is 0 Å².